The van der Waals surface area contributed by atoms with Crippen molar-refractivity contribution in [2.45, 2.75) is 26.2 Å². The Morgan fingerprint density at radius 2 is 1.84 bits per heavy atom. The fraction of sp³-hybridized carbons (Fsp3) is 0.278. The summed E-state index contributed by atoms with van der Waals surface area (Å²) in [5, 5.41) is 2.68. The van der Waals surface area contributed by atoms with Crippen molar-refractivity contribution in [3.63, 3.8) is 0 Å². The third-order valence-corrected chi connectivity index (χ3v) is 4.46. The Kier molecular flexibility index (Phi) is 6.47. The van der Waals surface area contributed by atoms with Crippen LogP contribution in [-0.2, 0) is 19.3 Å². The van der Waals surface area contributed by atoms with Gasteiger partial charge in [0.25, 0.3) is 0 Å². The number of amides is 2. The van der Waals surface area contributed by atoms with Crippen LogP contribution in [0.2, 0.25) is 0 Å². The normalized spacial score (nSPS) is 11.2. The summed E-state index contributed by atoms with van der Waals surface area (Å²) in [7, 11) is 0. The number of carbonyl (C=O) groups is 1. The van der Waals surface area contributed by atoms with Crippen molar-refractivity contribution in [3.8, 4) is 0 Å². The number of hydrogen-bond donors (Lipinski definition) is 1. The van der Waals surface area contributed by atoms with Gasteiger partial charge >= 0.3 is 12.2 Å². The molecule has 0 atom stereocenters. The first-order chi connectivity index (χ1) is 11.8. The van der Waals surface area contributed by atoms with Crippen LogP contribution in [-0.4, -0.2) is 17.5 Å². The molecule has 0 saturated carbocycles. The Morgan fingerprint density at radius 3 is 2.44 bits per heavy atom. The minimum absolute atomic E-state index is 0.00856. The largest absolute Gasteiger partial charge is 0.416 e. The van der Waals surface area contributed by atoms with E-state index in [0.717, 1.165) is 17.7 Å². The summed E-state index contributed by atoms with van der Waals surface area (Å²) >= 11 is 3.22. The van der Waals surface area contributed by atoms with Gasteiger partial charge in [-0.05, 0) is 36.2 Å². The van der Waals surface area contributed by atoms with E-state index in [2.05, 4.69) is 21.2 Å². The van der Waals surface area contributed by atoms with E-state index in [0.29, 0.717) is 23.1 Å². The highest BCUT2D eigenvalue weighted by molar-refractivity contribution is 9.10. The van der Waals surface area contributed by atoms with Crippen molar-refractivity contribution in [2.75, 3.05) is 6.54 Å². The third kappa shape index (κ3) is 5.49. The van der Waals surface area contributed by atoms with E-state index < -0.39 is 11.7 Å². The highest BCUT2D eigenvalue weighted by atomic mass is 79.9. The van der Waals surface area contributed by atoms with Crippen molar-refractivity contribution < 1.29 is 18.0 Å². The molecular weight excluding hydrogens is 397 g/mol. The molecular formula is C18H18BrF3N2O. The maximum absolute atomic E-state index is 12.8. The van der Waals surface area contributed by atoms with Gasteiger partial charge in [-0.25, -0.2) is 4.79 Å². The van der Waals surface area contributed by atoms with Gasteiger partial charge in [-0.2, -0.15) is 13.2 Å². The zero-order chi connectivity index (χ0) is 18.4. The molecule has 1 N–H and O–H groups in total. The van der Waals surface area contributed by atoms with Gasteiger partial charge in [-0.3, -0.25) is 0 Å². The van der Waals surface area contributed by atoms with Gasteiger partial charge < -0.3 is 10.2 Å². The first-order valence-electron chi connectivity index (χ1n) is 7.73. The molecule has 0 spiro atoms. The molecule has 134 valence electrons. The van der Waals surface area contributed by atoms with E-state index in [1.54, 1.807) is 4.90 Å². The minimum atomic E-state index is -4.41. The standard InChI is InChI=1S/C18H18BrF3N2O/c1-2-24(12-13-6-4-3-5-7-13)17(25)23-11-14-10-15(18(20,21)22)8-9-16(14)19/h3-10H,2,11-12H2,1H3,(H,23,25). The Morgan fingerprint density at radius 1 is 1.16 bits per heavy atom. The van der Waals surface area contributed by atoms with Gasteiger partial charge in [-0.15, -0.1) is 0 Å². The lowest BCUT2D eigenvalue weighted by Gasteiger charge is -2.22. The van der Waals surface area contributed by atoms with E-state index in [-0.39, 0.29) is 12.6 Å². The quantitative estimate of drug-likeness (QED) is 0.716. The number of alkyl halides is 3. The van der Waals surface area contributed by atoms with Crippen LogP contribution in [0.5, 0.6) is 0 Å². The van der Waals surface area contributed by atoms with Crippen LogP contribution in [0.4, 0.5) is 18.0 Å². The van der Waals surface area contributed by atoms with Gasteiger partial charge in [0.1, 0.15) is 0 Å². The number of urea groups is 1. The summed E-state index contributed by atoms with van der Waals surface area (Å²) in [5.74, 6) is 0. The monoisotopic (exact) mass is 414 g/mol. The molecule has 2 amide bonds. The number of hydrogen-bond acceptors (Lipinski definition) is 1. The minimum Gasteiger partial charge on any atom is -0.334 e. The van der Waals surface area contributed by atoms with E-state index in [9.17, 15) is 18.0 Å². The molecule has 0 heterocycles. The van der Waals surface area contributed by atoms with Crippen molar-refractivity contribution in [2.24, 2.45) is 0 Å². The lowest BCUT2D eigenvalue weighted by atomic mass is 10.1. The van der Waals surface area contributed by atoms with Crippen LogP contribution in [0.25, 0.3) is 0 Å². The van der Waals surface area contributed by atoms with E-state index in [4.69, 9.17) is 0 Å². The molecule has 0 aliphatic heterocycles. The van der Waals surface area contributed by atoms with Crippen molar-refractivity contribution in [1.29, 1.82) is 0 Å². The smallest absolute Gasteiger partial charge is 0.334 e. The Hall–Kier alpha value is -2.02. The Balaban J connectivity index is 2.03. The van der Waals surface area contributed by atoms with E-state index in [1.807, 2.05) is 37.3 Å². The molecule has 25 heavy (non-hydrogen) atoms. The molecule has 3 nitrogen and oxygen atoms in total. The molecule has 0 radical (unpaired) electrons. The molecule has 0 aliphatic carbocycles. The first-order valence-corrected chi connectivity index (χ1v) is 8.53. The summed E-state index contributed by atoms with van der Waals surface area (Å²) in [4.78, 5) is 13.9. The molecule has 0 unspecified atom stereocenters. The zero-order valence-electron chi connectivity index (χ0n) is 13.6. The van der Waals surface area contributed by atoms with Gasteiger partial charge in [0.05, 0.1) is 5.56 Å². The van der Waals surface area contributed by atoms with E-state index >= 15 is 0 Å². The van der Waals surface area contributed by atoms with Crippen LogP contribution in [0, 0.1) is 0 Å². The second-order valence-electron chi connectivity index (χ2n) is 5.46. The number of benzene rings is 2. The molecule has 0 aliphatic rings. The second-order valence-corrected chi connectivity index (χ2v) is 6.32. The summed E-state index contributed by atoms with van der Waals surface area (Å²) in [6.07, 6.45) is -4.41. The molecule has 0 bridgehead atoms. The van der Waals surface area contributed by atoms with Gasteiger partial charge in [0.15, 0.2) is 0 Å². The highest BCUT2D eigenvalue weighted by Crippen LogP contribution is 2.31. The second kappa shape index (κ2) is 8.38. The van der Waals surface area contributed by atoms with Crippen LogP contribution < -0.4 is 5.32 Å². The maximum atomic E-state index is 12.8. The summed E-state index contributed by atoms with van der Waals surface area (Å²) in [5.41, 5.74) is 0.621. The van der Waals surface area contributed by atoms with E-state index in [1.165, 1.54) is 6.07 Å². The number of halogens is 4. The van der Waals surface area contributed by atoms with Gasteiger partial charge in [0.2, 0.25) is 0 Å². The molecule has 0 fully saturated rings. The molecule has 2 rings (SSSR count). The molecule has 2 aromatic carbocycles. The maximum Gasteiger partial charge on any atom is 0.416 e. The first kappa shape index (κ1) is 19.3. The lowest BCUT2D eigenvalue weighted by molar-refractivity contribution is -0.137. The van der Waals surface area contributed by atoms with Crippen molar-refractivity contribution >= 4 is 22.0 Å². The SMILES string of the molecule is CCN(Cc1ccccc1)C(=O)NCc1cc(C(F)(F)F)ccc1Br. The topological polar surface area (TPSA) is 32.3 Å². The van der Waals surface area contributed by atoms with Crippen LogP contribution in [0.1, 0.15) is 23.6 Å². The molecule has 2 aromatic rings. The number of nitrogens with zero attached hydrogens (tertiary/aromatic N) is 1. The highest BCUT2D eigenvalue weighted by Gasteiger charge is 2.30. The number of carbonyl (C=O) groups excluding carboxylic acids is 1. The Labute approximate surface area is 153 Å². The average molecular weight is 415 g/mol. The summed E-state index contributed by atoms with van der Waals surface area (Å²) in [6.45, 7) is 2.79. The third-order valence-electron chi connectivity index (χ3n) is 3.69. The number of nitrogens with one attached hydrogen (secondary N) is 1. The molecule has 0 saturated heterocycles. The molecule has 7 heteroatoms. The number of rotatable bonds is 5. The Bertz CT molecular complexity index is 720. The van der Waals surface area contributed by atoms with Crippen LogP contribution in [0.3, 0.4) is 0 Å². The van der Waals surface area contributed by atoms with Crippen LogP contribution >= 0.6 is 15.9 Å². The molecule has 0 aromatic heterocycles. The zero-order valence-corrected chi connectivity index (χ0v) is 15.2. The fourth-order valence-electron chi connectivity index (χ4n) is 2.30. The summed E-state index contributed by atoms with van der Waals surface area (Å²) in [6, 6.07) is 12.6. The lowest BCUT2D eigenvalue weighted by Crippen LogP contribution is -2.39. The predicted molar refractivity (Wildman–Crippen MR) is 93.9 cm³/mol. The van der Waals surface area contributed by atoms with Gasteiger partial charge in [-0.1, -0.05) is 46.3 Å². The van der Waals surface area contributed by atoms with Gasteiger partial charge in [0, 0.05) is 24.1 Å². The average Bonchev–Trinajstić information content (AvgIpc) is 2.58. The predicted octanol–water partition coefficient (Wildman–Crippen LogP) is 5.20. The summed E-state index contributed by atoms with van der Waals surface area (Å²) < 4.78 is 39.0. The fourth-order valence-corrected chi connectivity index (χ4v) is 2.69. The van der Waals surface area contributed by atoms with Crippen LogP contribution in [0.15, 0.2) is 53.0 Å². The van der Waals surface area contributed by atoms with Crippen molar-refractivity contribution in [3.05, 3.63) is 69.7 Å². The van der Waals surface area contributed by atoms with Crippen molar-refractivity contribution in [1.82, 2.24) is 10.2 Å².